The molecule has 0 unspecified atom stereocenters. The molecule has 0 bridgehead atoms. The van der Waals surface area contributed by atoms with Crippen molar-refractivity contribution in [1.82, 2.24) is 5.32 Å². The molecule has 0 aromatic heterocycles. The Labute approximate surface area is 167 Å². The van der Waals surface area contributed by atoms with Crippen molar-refractivity contribution in [1.29, 1.82) is 0 Å². The zero-order valence-corrected chi connectivity index (χ0v) is 17.2. The molecule has 7 heteroatoms. The Morgan fingerprint density at radius 1 is 1.07 bits per heavy atom. The topological polar surface area (TPSA) is 75.7 Å². The molecule has 6 nitrogen and oxygen atoms in total. The standard InChI is InChI=1S/C21H28N2O4S/c1-3-18-11-13-19(14-12-18)23(28(2,25)26)16-7-10-21(24)22-15-17-27-20-8-5-4-6-9-20/h4-6,8-9,11-14H,3,7,10,15-17H2,1-2H3,(H,22,24). The molecular weight excluding hydrogens is 376 g/mol. The lowest BCUT2D eigenvalue weighted by Crippen LogP contribution is -2.32. The number of rotatable bonds is 11. The maximum Gasteiger partial charge on any atom is 0.232 e. The van der Waals surface area contributed by atoms with Gasteiger partial charge in [-0.25, -0.2) is 8.42 Å². The molecule has 0 heterocycles. The summed E-state index contributed by atoms with van der Waals surface area (Å²) in [7, 11) is -3.41. The van der Waals surface area contributed by atoms with Crippen LogP contribution in [-0.4, -0.2) is 40.3 Å². The smallest absolute Gasteiger partial charge is 0.232 e. The van der Waals surface area contributed by atoms with Crippen LogP contribution in [-0.2, 0) is 21.2 Å². The van der Waals surface area contributed by atoms with Crippen LogP contribution in [0.5, 0.6) is 5.75 Å². The highest BCUT2D eigenvalue weighted by atomic mass is 32.2. The van der Waals surface area contributed by atoms with Crippen LogP contribution in [0.4, 0.5) is 5.69 Å². The summed E-state index contributed by atoms with van der Waals surface area (Å²) in [5.74, 6) is 0.640. The van der Waals surface area contributed by atoms with Crippen molar-refractivity contribution in [3.8, 4) is 5.75 Å². The van der Waals surface area contributed by atoms with Crippen molar-refractivity contribution >= 4 is 21.6 Å². The SMILES string of the molecule is CCc1ccc(N(CCCC(=O)NCCOc2ccccc2)S(C)(=O)=O)cc1. The number of nitrogens with zero attached hydrogens (tertiary/aromatic N) is 1. The second kappa shape index (κ2) is 10.7. The fourth-order valence-corrected chi connectivity index (χ4v) is 3.70. The summed E-state index contributed by atoms with van der Waals surface area (Å²) in [5.41, 5.74) is 1.77. The van der Waals surface area contributed by atoms with E-state index in [2.05, 4.69) is 5.32 Å². The number of anilines is 1. The quantitative estimate of drug-likeness (QED) is 0.584. The first kappa shape index (κ1) is 21.8. The number of hydrogen-bond acceptors (Lipinski definition) is 4. The van der Waals surface area contributed by atoms with E-state index >= 15 is 0 Å². The summed E-state index contributed by atoms with van der Waals surface area (Å²) in [6, 6.07) is 16.9. The van der Waals surface area contributed by atoms with Gasteiger partial charge in [0.25, 0.3) is 0 Å². The molecule has 0 spiro atoms. The molecule has 0 fully saturated rings. The van der Waals surface area contributed by atoms with Gasteiger partial charge in [-0.2, -0.15) is 0 Å². The highest BCUT2D eigenvalue weighted by Crippen LogP contribution is 2.19. The monoisotopic (exact) mass is 404 g/mol. The first-order valence-corrected chi connectivity index (χ1v) is 11.3. The van der Waals surface area contributed by atoms with Crippen LogP contribution in [0.25, 0.3) is 0 Å². The lowest BCUT2D eigenvalue weighted by Gasteiger charge is -2.22. The minimum Gasteiger partial charge on any atom is -0.492 e. The van der Waals surface area contributed by atoms with E-state index < -0.39 is 10.0 Å². The largest absolute Gasteiger partial charge is 0.492 e. The van der Waals surface area contributed by atoms with Gasteiger partial charge in [-0.05, 0) is 42.7 Å². The van der Waals surface area contributed by atoms with Gasteiger partial charge in [0.15, 0.2) is 0 Å². The molecule has 0 aliphatic carbocycles. The molecule has 0 saturated carbocycles. The normalized spacial score (nSPS) is 11.1. The second-order valence-electron chi connectivity index (χ2n) is 6.47. The number of nitrogens with one attached hydrogen (secondary N) is 1. The number of benzene rings is 2. The van der Waals surface area contributed by atoms with E-state index in [9.17, 15) is 13.2 Å². The summed E-state index contributed by atoms with van der Waals surface area (Å²) in [6.07, 6.45) is 2.77. The first-order valence-electron chi connectivity index (χ1n) is 9.41. The number of hydrogen-bond donors (Lipinski definition) is 1. The van der Waals surface area contributed by atoms with E-state index in [1.165, 1.54) is 10.6 Å². The molecule has 2 aromatic carbocycles. The van der Waals surface area contributed by atoms with Crippen LogP contribution in [0.2, 0.25) is 0 Å². The minimum absolute atomic E-state index is 0.119. The van der Waals surface area contributed by atoms with Gasteiger partial charge in [-0.1, -0.05) is 37.3 Å². The van der Waals surface area contributed by atoms with Gasteiger partial charge in [-0.3, -0.25) is 9.10 Å². The van der Waals surface area contributed by atoms with Crippen molar-refractivity contribution in [2.45, 2.75) is 26.2 Å². The average Bonchev–Trinajstić information content (AvgIpc) is 2.68. The van der Waals surface area contributed by atoms with Crippen molar-refractivity contribution in [3.05, 3.63) is 60.2 Å². The highest BCUT2D eigenvalue weighted by Gasteiger charge is 2.17. The number of ether oxygens (including phenoxy) is 1. The number of sulfonamides is 1. The molecule has 0 saturated heterocycles. The molecule has 2 rings (SSSR count). The number of aryl methyl sites for hydroxylation is 1. The van der Waals surface area contributed by atoms with Gasteiger partial charge in [-0.15, -0.1) is 0 Å². The molecule has 0 radical (unpaired) electrons. The Balaban J connectivity index is 1.75. The third-order valence-corrected chi connectivity index (χ3v) is 5.43. The van der Waals surface area contributed by atoms with E-state index in [1.807, 2.05) is 49.4 Å². The Morgan fingerprint density at radius 3 is 2.36 bits per heavy atom. The first-order chi connectivity index (χ1) is 13.4. The average molecular weight is 405 g/mol. The molecule has 0 aliphatic heterocycles. The van der Waals surface area contributed by atoms with Crippen LogP contribution in [0.3, 0.4) is 0 Å². The Kier molecular flexibility index (Phi) is 8.32. The van der Waals surface area contributed by atoms with Crippen molar-refractivity contribution in [2.24, 2.45) is 0 Å². The van der Waals surface area contributed by atoms with Crippen LogP contribution in [0.1, 0.15) is 25.3 Å². The van der Waals surface area contributed by atoms with Gasteiger partial charge in [0, 0.05) is 13.0 Å². The summed E-state index contributed by atoms with van der Waals surface area (Å²) >= 11 is 0. The van der Waals surface area contributed by atoms with Crippen LogP contribution in [0.15, 0.2) is 54.6 Å². The zero-order chi connectivity index (χ0) is 20.4. The van der Waals surface area contributed by atoms with E-state index in [0.717, 1.165) is 17.7 Å². The number of amides is 1. The molecule has 0 aliphatic rings. The molecule has 1 N–H and O–H groups in total. The van der Waals surface area contributed by atoms with E-state index in [0.29, 0.717) is 25.3 Å². The fourth-order valence-electron chi connectivity index (χ4n) is 2.73. The summed E-state index contributed by atoms with van der Waals surface area (Å²) in [4.78, 5) is 12.0. The number of para-hydroxylation sites is 1. The molecule has 152 valence electrons. The van der Waals surface area contributed by atoms with E-state index in [-0.39, 0.29) is 18.9 Å². The molecule has 0 atom stereocenters. The fraction of sp³-hybridized carbons (Fsp3) is 0.381. The van der Waals surface area contributed by atoms with E-state index in [4.69, 9.17) is 4.74 Å². The maximum atomic E-state index is 12.1. The lowest BCUT2D eigenvalue weighted by molar-refractivity contribution is -0.121. The number of carbonyl (C=O) groups excluding carboxylic acids is 1. The van der Waals surface area contributed by atoms with Gasteiger partial charge >= 0.3 is 0 Å². The van der Waals surface area contributed by atoms with Crippen LogP contribution < -0.4 is 14.4 Å². The van der Waals surface area contributed by atoms with Crippen molar-refractivity contribution in [2.75, 3.05) is 30.3 Å². The Morgan fingerprint density at radius 2 is 1.75 bits per heavy atom. The van der Waals surface area contributed by atoms with Gasteiger partial charge in [0.1, 0.15) is 12.4 Å². The summed E-state index contributed by atoms with van der Waals surface area (Å²) in [6.45, 7) is 3.10. The Bertz CT molecular complexity index is 836. The highest BCUT2D eigenvalue weighted by molar-refractivity contribution is 7.92. The van der Waals surface area contributed by atoms with Crippen LogP contribution in [0, 0.1) is 0 Å². The third kappa shape index (κ3) is 7.23. The molecular formula is C21H28N2O4S. The lowest BCUT2D eigenvalue weighted by atomic mass is 10.1. The maximum absolute atomic E-state index is 12.1. The second-order valence-corrected chi connectivity index (χ2v) is 8.38. The van der Waals surface area contributed by atoms with E-state index in [1.54, 1.807) is 12.1 Å². The molecule has 1 amide bonds. The zero-order valence-electron chi connectivity index (χ0n) is 16.4. The predicted octanol–water partition coefficient (Wildman–Crippen LogP) is 2.99. The number of carbonyl (C=O) groups is 1. The third-order valence-electron chi connectivity index (χ3n) is 4.23. The molecule has 2 aromatic rings. The summed E-state index contributed by atoms with van der Waals surface area (Å²) < 4.78 is 31.1. The minimum atomic E-state index is -3.41. The Hall–Kier alpha value is -2.54. The van der Waals surface area contributed by atoms with Gasteiger partial charge in [0.2, 0.25) is 15.9 Å². The predicted molar refractivity (Wildman–Crippen MR) is 112 cm³/mol. The van der Waals surface area contributed by atoms with Gasteiger partial charge < -0.3 is 10.1 Å². The van der Waals surface area contributed by atoms with Crippen LogP contribution >= 0.6 is 0 Å². The molecule has 28 heavy (non-hydrogen) atoms. The van der Waals surface area contributed by atoms with Crippen molar-refractivity contribution < 1.29 is 17.9 Å². The summed E-state index contributed by atoms with van der Waals surface area (Å²) in [5, 5.41) is 2.79. The van der Waals surface area contributed by atoms with Gasteiger partial charge in [0.05, 0.1) is 18.5 Å². The van der Waals surface area contributed by atoms with Crippen molar-refractivity contribution in [3.63, 3.8) is 0 Å².